The predicted octanol–water partition coefficient (Wildman–Crippen LogP) is 2.39. The minimum Gasteiger partial charge on any atom is -0.409 e. The maximum atomic E-state index is 12.5. The Bertz CT molecular complexity index is 511. The van der Waals surface area contributed by atoms with E-state index in [0.29, 0.717) is 19.4 Å². The van der Waals surface area contributed by atoms with E-state index in [1.807, 2.05) is 11.4 Å². The topological polar surface area (TPSA) is 78.9 Å². The minimum absolute atomic E-state index is 0.0305. The fourth-order valence-electron chi connectivity index (χ4n) is 2.31. The van der Waals surface area contributed by atoms with Gasteiger partial charge in [-0.15, -0.1) is 11.3 Å². The van der Waals surface area contributed by atoms with Crippen LogP contribution in [-0.2, 0) is 11.3 Å². The maximum absolute atomic E-state index is 12.5. The van der Waals surface area contributed by atoms with Gasteiger partial charge in [-0.3, -0.25) is 4.79 Å². The number of nitrogens with two attached hydrogens (primary N) is 1. The zero-order valence-corrected chi connectivity index (χ0v) is 13.0. The number of hydrogen-bond donors (Lipinski definition) is 2. The lowest BCUT2D eigenvalue weighted by molar-refractivity contribution is -0.141. The summed E-state index contributed by atoms with van der Waals surface area (Å²) >= 11 is 4.99. The number of halogens is 1. The third kappa shape index (κ3) is 2.62. The second-order valence-electron chi connectivity index (χ2n) is 4.81. The first-order chi connectivity index (χ1) is 8.99. The molecule has 0 unspecified atom stereocenters. The lowest BCUT2D eigenvalue weighted by Gasteiger charge is -2.41. The monoisotopic (exact) mass is 345 g/mol. The molecule has 0 spiro atoms. The summed E-state index contributed by atoms with van der Waals surface area (Å²) in [7, 11) is 1.75. The lowest BCUT2D eigenvalue weighted by Crippen LogP contribution is -2.54. The van der Waals surface area contributed by atoms with Crippen LogP contribution in [0.4, 0.5) is 0 Å². The highest BCUT2D eigenvalue weighted by atomic mass is 79.9. The molecule has 0 saturated heterocycles. The van der Waals surface area contributed by atoms with Gasteiger partial charge in [0.05, 0.1) is 6.54 Å². The van der Waals surface area contributed by atoms with Crippen LogP contribution in [-0.4, -0.2) is 28.9 Å². The molecule has 1 aromatic rings. The molecule has 3 N–H and O–H groups in total. The highest BCUT2D eigenvalue weighted by Crippen LogP contribution is 2.42. The van der Waals surface area contributed by atoms with Gasteiger partial charge in [-0.2, -0.15) is 0 Å². The summed E-state index contributed by atoms with van der Waals surface area (Å²) < 4.78 is 1.02. The molecule has 104 valence electrons. The van der Waals surface area contributed by atoms with E-state index in [0.717, 1.165) is 15.8 Å². The molecule has 0 aliphatic heterocycles. The van der Waals surface area contributed by atoms with Gasteiger partial charge in [0.15, 0.2) is 5.84 Å². The second-order valence-corrected chi connectivity index (χ2v) is 6.72. The van der Waals surface area contributed by atoms with Crippen molar-refractivity contribution < 1.29 is 10.0 Å². The van der Waals surface area contributed by atoms with Gasteiger partial charge in [0, 0.05) is 21.8 Å². The third-order valence-electron chi connectivity index (χ3n) is 3.58. The Morgan fingerprint density at radius 1 is 1.68 bits per heavy atom. The average molecular weight is 346 g/mol. The van der Waals surface area contributed by atoms with Gasteiger partial charge < -0.3 is 15.8 Å². The number of thiophene rings is 1. The Labute approximate surface area is 124 Å². The van der Waals surface area contributed by atoms with Gasteiger partial charge in [0.2, 0.25) is 5.91 Å². The Balaban J connectivity index is 2.10. The van der Waals surface area contributed by atoms with E-state index in [9.17, 15) is 4.79 Å². The first kappa shape index (κ1) is 14.3. The van der Waals surface area contributed by atoms with Crippen molar-refractivity contribution in [3.8, 4) is 0 Å². The second kappa shape index (κ2) is 5.50. The summed E-state index contributed by atoms with van der Waals surface area (Å²) in [5.41, 5.74) is 4.90. The predicted molar refractivity (Wildman–Crippen MR) is 78.2 cm³/mol. The SMILES string of the molecule is CN(Cc1cc(Br)cs1)C(=O)C1(C(N)=NO)CCC1. The molecule has 1 saturated carbocycles. The number of carbonyl (C=O) groups is 1. The molecule has 1 amide bonds. The summed E-state index contributed by atoms with van der Waals surface area (Å²) in [6, 6.07) is 1.99. The molecule has 0 bridgehead atoms. The zero-order chi connectivity index (χ0) is 14.0. The van der Waals surface area contributed by atoms with Crippen LogP contribution in [0.5, 0.6) is 0 Å². The first-order valence-corrected chi connectivity index (χ1v) is 7.63. The molecular formula is C12H16BrN3O2S. The van der Waals surface area contributed by atoms with E-state index < -0.39 is 5.41 Å². The maximum Gasteiger partial charge on any atom is 0.236 e. The molecule has 2 rings (SSSR count). The largest absolute Gasteiger partial charge is 0.409 e. The molecule has 1 heterocycles. The number of oxime groups is 1. The summed E-state index contributed by atoms with van der Waals surface area (Å²) in [6.45, 7) is 0.537. The Morgan fingerprint density at radius 2 is 2.37 bits per heavy atom. The van der Waals surface area contributed by atoms with E-state index >= 15 is 0 Å². The number of amides is 1. The summed E-state index contributed by atoms with van der Waals surface area (Å²) in [5, 5.41) is 13.9. The summed E-state index contributed by atoms with van der Waals surface area (Å²) in [5.74, 6) is -0.0402. The fraction of sp³-hybridized carbons (Fsp3) is 0.500. The first-order valence-electron chi connectivity index (χ1n) is 5.96. The van der Waals surface area contributed by atoms with Gasteiger partial charge in [-0.25, -0.2) is 0 Å². The number of amidine groups is 1. The molecule has 19 heavy (non-hydrogen) atoms. The van der Waals surface area contributed by atoms with Crippen molar-refractivity contribution in [1.29, 1.82) is 0 Å². The number of carbonyl (C=O) groups excluding carboxylic acids is 1. The molecule has 0 radical (unpaired) electrons. The standard InChI is InChI=1S/C12H16BrN3O2S/c1-16(6-9-5-8(13)7-19-9)11(17)12(3-2-4-12)10(14)15-18/h5,7,18H,2-4,6H2,1H3,(H2,14,15). The van der Waals surface area contributed by atoms with Gasteiger partial charge in [0.25, 0.3) is 0 Å². The number of hydrogen-bond acceptors (Lipinski definition) is 4. The molecule has 1 aromatic heterocycles. The van der Waals surface area contributed by atoms with E-state index in [2.05, 4.69) is 21.1 Å². The van der Waals surface area contributed by atoms with Gasteiger partial charge in [-0.1, -0.05) is 11.6 Å². The van der Waals surface area contributed by atoms with Crippen molar-refractivity contribution in [2.24, 2.45) is 16.3 Å². The van der Waals surface area contributed by atoms with Crippen molar-refractivity contribution in [1.82, 2.24) is 4.90 Å². The van der Waals surface area contributed by atoms with Crippen LogP contribution in [0.3, 0.4) is 0 Å². The van der Waals surface area contributed by atoms with Crippen LogP contribution in [0.25, 0.3) is 0 Å². The molecule has 1 aliphatic rings. The average Bonchev–Trinajstić information content (AvgIpc) is 2.72. The van der Waals surface area contributed by atoms with Crippen LogP contribution in [0.15, 0.2) is 21.1 Å². The Hall–Kier alpha value is -1.08. The Kier molecular flexibility index (Phi) is 4.15. The quantitative estimate of drug-likeness (QED) is 0.380. The van der Waals surface area contributed by atoms with Crippen molar-refractivity contribution in [3.63, 3.8) is 0 Å². The van der Waals surface area contributed by atoms with Gasteiger partial charge in [0.1, 0.15) is 5.41 Å². The molecular weight excluding hydrogens is 330 g/mol. The van der Waals surface area contributed by atoms with Crippen molar-refractivity contribution in [2.75, 3.05) is 7.05 Å². The summed E-state index contributed by atoms with van der Waals surface area (Å²) in [4.78, 5) is 15.2. The zero-order valence-electron chi connectivity index (χ0n) is 10.6. The van der Waals surface area contributed by atoms with Crippen molar-refractivity contribution >= 4 is 39.0 Å². The number of nitrogens with zero attached hydrogens (tertiary/aromatic N) is 2. The van der Waals surface area contributed by atoms with Crippen LogP contribution in [0.2, 0.25) is 0 Å². The number of rotatable bonds is 4. The molecule has 0 atom stereocenters. The van der Waals surface area contributed by atoms with Crippen LogP contribution >= 0.6 is 27.3 Å². The highest BCUT2D eigenvalue weighted by molar-refractivity contribution is 9.10. The van der Waals surface area contributed by atoms with E-state index in [1.54, 1.807) is 23.3 Å². The minimum atomic E-state index is -0.794. The van der Waals surface area contributed by atoms with Gasteiger partial charge in [-0.05, 0) is 34.8 Å². The fourth-order valence-corrected chi connectivity index (χ4v) is 3.82. The van der Waals surface area contributed by atoms with Gasteiger partial charge >= 0.3 is 0 Å². The van der Waals surface area contributed by atoms with Crippen molar-refractivity contribution in [3.05, 3.63) is 20.8 Å². The van der Waals surface area contributed by atoms with E-state index in [1.165, 1.54) is 0 Å². The van der Waals surface area contributed by atoms with Crippen LogP contribution in [0, 0.1) is 5.41 Å². The van der Waals surface area contributed by atoms with Crippen molar-refractivity contribution in [2.45, 2.75) is 25.8 Å². The molecule has 7 heteroatoms. The third-order valence-corrected chi connectivity index (χ3v) is 5.26. The van der Waals surface area contributed by atoms with E-state index in [-0.39, 0.29) is 11.7 Å². The normalized spacial score (nSPS) is 17.9. The summed E-state index contributed by atoms with van der Waals surface area (Å²) in [6.07, 6.45) is 2.24. The van der Waals surface area contributed by atoms with E-state index in [4.69, 9.17) is 10.9 Å². The molecule has 1 aliphatic carbocycles. The lowest BCUT2D eigenvalue weighted by atomic mass is 9.67. The Morgan fingerprint density at radius 3 is 2.79 bits per heavy atom. The highest BCUT2D eigenvalue weighted by Gasteiger charge is 2.49. The molecule has 1 fully saturated rings. The smallest absolute Gasteiger partial charge is 0.236 e. The van der Waals surface area contributed by atoms with Crippen LogP contribution < -0.4 is 5.73 Å². The molecule has 5 nitrogen and oxygen atoms in total. The van der Waals surface area contributed by atoms with Crippen LogP contribution in [0.1, 0.15) is 24.1 Å². The molecule has 0 aromatic carbocycles.